The minimum absolute atomic E-state index is 0.00699. The zero-order chi connectivity index (χ0) is 19.3. The first-order valence-corrected chi connectivity index (χ1v) is 9.13. The fourth-order valence-corrected chi connectivity index (χ4v) is 3.40. The van der Waals surface area contributed by atoms with E-state index in [1.54, 1.807) is 0 Å². The monoisotopic (exact) mass is 400 g/mol. The van der Waals surface area contributed by atoms with Gasteiger partial charge in [0.15, 0.2) is 0 Å². The third-order valence-electron chi connectivity index (χ3n) is 3.40. The van der Waals surface area contributed by atoms with Crippen molar-refractivity contribution in [1.29, 1.82) is 0 Å². The van der Waals surface area contributed by atoms with Gasteiger partial charge in [-0.1, -0.05) is 23.7 Å². The van der Waals surface area contributed by atoms with E-state index in [0.29, 0.717) is 11.3 Å². The van der Waals surface area contributed by atoms with Gasteiger partial charge >= 0.3 is 6.09 Å². The summed E-state index contributed by atoms with van der Waals surface area (Å²) < 4.78 is 37.8. The first-order chi connectivity index (χ1) is 12.3. The molecule has 0 spiro atoms. The molecule has 0 saturated carbocycles. The first-order valence-electron chi connectivity index (χ1n) is 7.27. The number of amides is 1. The Bertz CT molecular complexity index is 900. The molecule has 3 N–H and O–H groups in total. The van der Waals surface area contributed by atoms with Crippen LogP contribution in [-0.2, 0) is 16.6 Å². The highest BCUT2D eigenvalue weighted by Crippen LogP contribution is 2.36. The zero-order valence-electron chi connectivity index (χ0n) is 13.9. The summed E-state index contributed by atoms with van der Waals surface area (Å²) in [7, 11) is -1.10. The van der Waals surface area contributed by atoms with Gasteiger partial charge in [-0.25, -0.2) is 13.2 Å². The van der Waals surface area contributed by atoms with Gasteiger partial charge in [0, 0.05) is 18.7 Å². The molecule has 0 aliphatic heterocycles. The van der Waals surface area contributed by atoms with Gasteiger partial charge in [0.05, 0.1) is 29.8 Å². The van der Waals surface area contributed by atoms with Gasteiger partial charge in [-0.3, -0.25) is 4.72 Å². The van der Waals surface area contributed by atoms with E-state index >= 15 is 0 Å². The summed E-state index contributed by atoms with van der Waals surface area (Å²) in [5.74, 6) is 0.530. The van der Waals surface area contributed by atoms with Crippen molar-refractivity contribution in [2.24, 2.45) is 0 Å². The highest BCUT2D eigenvalue weighted by molar-refractivity contribution is 7.92. The predicted molar refractivity (Wildman–Crippen MR) is 96.7 cm³/mol. The second kappa shape index (κ2) is 8.15. The van der Waals surface area contributed by atoms with E-state index in [1.807, 2.05) is 0 Å². The van der Waals surface area contributed by atoms with E-state index in [0.717, 1.165) is 0 Å². The third kappa shape index (κ3) is 4.70. The third-order valence-corrected chi connectivity index (χ3v) is 5.07. The Labute approximate surface area is 155 Å². The smallest absolute Gasteiger partial charge is 0.404 e. The van der Waals surface area contributed by atoms with Crippen molar-refractivity contribution in [3.8, 4) is 11.5 Å². The van der Waals surface area contributed by atoms with E-state index in [2.05, 4.69) is 10.0 Å². The van der Waals surface area contributed by atoms with Crippen LogP contribution in [0.2, 0.25) is 5.02 Å². The summed E-state index contributed by atoms with van der Waals surface area (Å²) in [5.41, 5.74) is 0.794. The summed E-state index contributed by atoms with van der Waals surface area (Å²) in [4.78, 5) is 10.5. The summed E-state index contributed by atoms with van der Waals surface area (Å²) in [6.07, 6.45) is -1.16. The lowest BCUT2D eigenvalue weighted by atomic mass is 10.2. The maximum Gasteiger partial charge on any atom is 0.404 e. The SMILES string of the molecule is COc1cc(NS(=O)(=O)c2ccc(CNC(=O)O)cc2)c(OC)cc1Cl. The number of rotatable bonds is 7. The van der Waals surface area contributed by atoms with Gasteiger partial charge in [-0.15, -0.1) is 0 Å². The Morgan fingerprint density at radius 2 is 1.73 bits per heavy atom. The van der Waals surface area contributed by atoms with Crippen LogP contribution in [0.4, 0.5) is 10.5 Å². The van der Waals surface area contributed by atoms with E-state index in [1.165, 1.54) is 50.6 Å². The first kappa shape index (κ1) is 19.7. The highest BCUT2D eigenvalue weighted by Gasteiger charge is 2.18. The lowest BCUT2D eigenvalue weighted by Gasteiger charge is -2.14. The number of methoxy groups -OCH3 is 2. The van der Waals surface area contributed by atoms with Gasteiger partial charge in [0.2, 0.25) is 0 Å². The second-order valence-electron chi connectivity index (χ2n) is 5.10. The number of nitrogens with one attached hydrogen (secondary N) is 2. The summed E-state index contributed by atoms with van der Waals surface area (Å²) in [5, 5.41) is 11.1. The Morgan fingerprint density at radius 1 is 1.12 bits per heavy atom. The van der Waals surface area contributed by atoms with Crippen molar-refractivity contribution in [1.82, 2.24) is 5.32 Å². The number of ether oxygens (including phenoxy) is 2. The van der Waals surface area contributed by atoms with Crippen molar-refractivity contribution in [2.75, 3.05) is 18.9 Å². The Kier molecular flexibility index (Phi) is 6.17. The van der Waals surface area contributed by atoms with Crippen LogP contribution in [0.1, 0.15) is 5.56 Å². The van der Waals surface area contributed by atoms with Crippen molar-refractivity contribution in [2.45, 2.75) is 11.4 Å². The molecule has 0 atom stereocenters. The molecule has 0 heterocycles. The average molecular weight is 401 g/mol. The van der Waals surface area contributed by atoms with Crippen LogP contribution in [0.15, 0.2) is 41.3 Å². The van der Waals surface area contributed by atoms with Crippen molar-refractivity contribution in [3.63, 3.8) is 0 Å². The van der Waals surface area contributed by atoms with Crippen molar-refractivity contribution >= 4 is 33.4 Å². The van der Waals surface area contributed by atoms with E-state index in [4.69, 9.17) is 26.2 Å². The standard InChI is InChI=1S/C16H17ClN2O6S/c1-24-14-8-13(15(25-2)7-12(14)17)19-26(22,23)11-5-3-10(4-6-11)9-18-16(20)21/h3-8,18-19H,9H2,1-2H3,(H,20,21). The fourth-order valence-electron chi connectivity index (χ4n) is 2.11. The molecule has 0 saturated heterocycles. The van der Waals surface area contributed by atoms with E-state index < -0.39 is 16.1 Å². The molecule has 0 fully saturated rings. The molecule has 1 amide bonds. The molecule has 0 aliphatic rings. The highest BCUT2D eigenvalue weighted by atomic mass is 35.5. The normalized spacial score (nSPS) is 10.9. The van der Waals surface area contributed by atoms with Gasteiger partial charge in [0.25, 0.3) is 10.0 Å². The molecule has 26 heavy (non-hydrogen) atoms. The molecule has 0 radical (unpaired) electrons. The lowest BCUT2D eigenvalue weighted by molar-refractivity contribution is 0.194. The van der Waals surface area contributed by atoms with Crippen LogP contribution in [0.25, 0.3) is 0 Å². The molecule has 10 heteroatoms. The molecular weight excluding hydrogens is 384 g/mol. The van der Waals surface area contributed by atoms with Crippen molar-refractivity contribution in [3.05, 3.63) is 47.0 Å². The van der Waals surface area contributed by atoms with E-state index in [9.17, 15) is 13.2 Å². The Morgan fingerprint density at radius 3 is 2.27 bits per heavy atom. The molecule has 0 aliphatic carbocycles. The molecule has 140 valence electrons. The number of benzene rings is 2. The van der Waals surface area contributed by atoms with Crippen molar-refractivity contribution < 1.29 is 27.8 Å². The number of sulfonamides is 1. The average Bonchev–Trinajstić information content (AvgIpc) is 2.61. The molecule has 0 unspecified atom stereocenters. The topological polar surface area (TPSA) is 114 Å². The van der Waals surface area contributed by atoms with Crippen LogP contribution in [0, 0.1) is 0 Å². The second-order valence-corrected chi connectivity index (χ2v) is 7.18. The summed E-state index contributed by atoms with van der Waals surface area (Å²) in [6.45, 7) is 0.0747. The molecule has 0 bridgehead atoms. The van der Waals surface area contributed by atoms with Gasteiger partial charge in [0.1, 0.15) is 11.5 Å². The van der Waals surface area contributed by atoms with Gasteiger partial charge < -0.3 is 19.9 Å². The fraction of sp³-hybridized carbons (Fsp3) is 0.188. The van der Waals surface area contributed by atoms with Gasteiger partial charge in [-0.2, -0.15) is 0 Å². The largest absolute Gasteiger partial charge is 0.495 e. The number of carboxylic acid groups (broad SMARTS) is 1. The summed E-state index contributed by atoms with van der Waals surface area (Å²) >= 11 is 6.01. The number of carbonyl (C=O) groups is 1. The maximum atomic E-state index is 12.6. The molecule has 2 aromatic carbocycles. The Balaban J connectivity index is 2.27. The Hall–Kier alpha value is -2.65. The van der Waals surface area contributed by atoms with Gasteiger partial charge in [-0.05, 0) is 17.7 Å². The van der Waals surface area contributed by atoms with Crippen LogP contribution < -0.4 is 19.5 Å². The quantitative estimate of drug-likeness (QED) is 0.658. The number of hydrogen-bond acceptors (Lipinski definition) is 5. The van der Waals surface area contributed by atoms with Crippen LogP contribution in [-0.4, -0.2) is 33.8 Å². The minimum Gasteiger partial charge on any atom is -0.495 e. The van der Waals surface area contributed by atoms with Crippen LogP contribution >= 0.6 is 11.6 Å². The van der Waals surface area contributed by atoms with Crippen LogP contribution in [0.3, 0.4) is 0 Å². The molecule has 2 aromatic rings. The molecule has 2 rings (SSSR count). The molecular formula is C16H17ClN2O6S. The van der Waals surface area contributed by atoms with E-state index in [-0.39, 0.29) is 27.9 Å². The molecule has 0 aromatic heterocycles. The summed E-state index contributed by atoms with van der Waals surface area (Å²) in [6, 6.07) is 8.65. The molecule has 8 nitrogen and oxygen atoms in total. The number of anilines is 1. The lowest BCUT2D eigenvalue weighted by Crippen LogP contribution is -2.20. The minimum atomic E-state index is -3.90. The number of halogens is 1. The maximum absolute atomic E-state index is 12.6. The van der Waals surface area contributed by atoms with Crippen LogP contribution in [0.5, 0.6) is 11.5 Å². The predicted octanol–water partition coefficient (Wildman–Crippen LogP) is 2.93. The zero-order valence-corrected chi connectivity index (χ0v) is 15.5. The number of hydrogen-bond donors (Lipinski definition) is 3.